The predicted molar refractivity (Wildman–Crippen MR) is 95.4 cm³/mol. The van der Waals surface area contributed by atoms with Gasteiger partial charge in [-0.1, -0.05) is 53.7 Å². The Morgan fingerprint density at radius 3 is 2.72 bits per heavy atom. The van der Waals surface area contributed by atoms with Gasteiger partial charge in [-0.05, 0) is 18.9 Å². The molecular formula is C17H19N5O2S. The minimum Gasteiger partial charge on any atom is -0.468 e. The molecule has 1 atom stereocenters. The van der Waals surface area contributed by atoms with E-state index in [0.717, 1.165) is 5.56 Å². The number of nitrogens with zero attached hydrogens (tertiary/aromatic N) is 5. The Labute approximate surface area is 149 Å². The molecule has 0 saturated heterocycles. The normalized spacial score (nSPS) is 12.3. The van der Waals surface area contributed by atoms with E-state index in [1.807, 2.05) is 6.92 Å². The van der Waals surface area contributed by atoms with E-state index in [9.17, 15) is 4.79 Å². The van der Waals surface area contributed by atoms with Gasteiger partial charge in [0.15, 0.2) is 11.2 Å². The molecular weight excluding hydrogens is 338 g/mol. The van der Waals surface area contributed by atoms with E-state index in [0.29, 0.717) is 29.2 Å². The zero-order valence-electron chi connectivity index (χ0n) is 14.3. The van der Waals surface area contributed by atoms with Gasteiger partial charge < -0.3 is 4.74 Å². The van der Waals surface area contributed by atoms with Crippen LogP contribution in [0.2, 0.25) is 0 Å². The van der Waals surface area contributed by atoms with Gasteiger partial charge in [0.2, 0.25) is 0 Å². The molecule has 0 saturated carbocycles. The minimum atomic E-state index is -0.328. The first-order chi connectivity index (χ1) is 12.1. The standard InChI is InChI=1S/C17H19N5O2S/c1-4-13(17(23)24-3)25-16-14-15(18-10-19-16)22(21-20-14)9-12-7-5-11(2)6-8-12/h5-8,10,13H,4,9H2,1-3H3/t13-/m1/s1. The number of carbonyl (C=O) groups excluding carboxylic acids is 1. The Morgan fingerprint density at radius 2 is 2.04 bits per heavy atom. The third-order valence-corrected chi connectivity index (χ3v) is 5.14. The van der Waals surface area contributed by atoms with E-state index in [4.69, 9.17) is 4.74 Å². The van der Waals surface area contributed by atoms with Crippen molar-refractivity contribution in [1.82, 2.24) is 25.0 Å². The zero-order chi connectivity index (χ0) is 17.8. The van der Waals surface area contributed by atoms with Crippen molar-refractivity contribution in [3.8, 4) is 0 Å². The van der Waals surface area contributed by atoms with Crippen molar-refractivity contribution >= 4 is 28.9 Å². The van der Waals surface area contributed by atoms with Gasteiger partial charge in [-0.25, -0.2) is 14.6 Å². The first-order valence-corrected chi connectivity index (χ1v) is 8.84. The lowest BCUT2D eigenvalue weighted by molar-refractivity contribution is -0.140. The van der Waals surface area contributed by atoms with E-state index in [1.54, 1.807) is 4.68 Å². The second kappa shape index (κ2) is 7.60. The summed E-state index contributed by atoms with van der Waals surface area (Å²) in [6.45, 7) is 4.56. The quantitative estimate of drug-likeness (QED) is 0.381. The number of aryl methyl sites for hydroxylation is 1. The Bertz CT molecular complexity index is 878. The van der Waals surface area contributed by atoms with Crippen LogP contribution in [0.3, 0.4) is 0 Å². The third-order valence-electron chi connectivity index (χ3n) is 3.81. The first kappa shape index (κ1) is 17.3. The molecule has 0 unspecified atom stereocenters. The van der Waals surface area contributed by atoms with Gasteiger partial charge in [0.05, 0.1) is 13.7 Å². The SMILES string of the molecule is CC[C@@H](Sc1ncnc2c1nnn2Cc1ccc(C)cc1)C(=O)OC. The maximum Gasteiger partial charge on any atom is 0.319 e. The maximum absolute atomic E-state index is 11.8. The molecule has 2 aromatic heterocycles. The number of benzene rings is 1. The van der Waals surface area contributed by atoms with Gasteiger partial charge in [0, 0.05) is 0 Å². The summed E-state index contributed by atoms with van der Waals surface area (Å²) in [7, 11) is 1.39. The molecule has 0 fully saturated rings. The molecule has 130 valence electrons. The van der Waals surface area contributed by atoms with E-state index < -0.39 is 0 Å². The van der Waals surface area contributed by atoms with Crippen molar-refractivity contribution in [2.75, 3.05) is 7.11 Å². The monoisotopic (exact) mass is 357 g/mol. The molecule has 0 aliphatic carbocycles. The Balaban J connectivity index is 1.89. The van der Waals surface area contributed by atoms with E-state index in [1.165, 1.54) is 30.8 Å². The number of hydrogen-bond donors (Lipinski definition) is 0. The van der Waals surface area contributed by atoms with Crippen LogP contribution >= 0.6 is 11.8 Å². The number of ether oxygens (including phenoxy) is 1. The first-order valence-electron chi connectivity index (χ1n) is 7.96. The van der Waals surface area contributed by atoms with Crippen LogP contribution in [0.4, 0.5) is 0 Å². The highest BCUT2D eigenvalue weighted by molar-refractivity contribution is 8.00. The summed E-state index contributed by atoms with van der Waals surface area (Å²) >= 11 is 1.33. The van der Waals surface area contributed by atoms with Crippen molar-refractivity contribution in [2.24, 2.45) is 0 Å². The van der Waals surface area contributed by atoms with Crippen LogP contribution in [-0.4, -0.2) is 43.3 Å². The molecule has 0 aliphatic rings. The molecule has 1 aromatic carbocycles. The van der Waals surface area contributed by atoms with Crippen molar-refractivity contribution < 1.29 is 9.53 Å². The summed E-state index contributed by atoms with van der Waals surface area (Å²) in [6.07, 6.45) is 2.12. The molecule has 0 N–H and O–H groups in total. The third kappa shape index (κ3) is 3.79. The van der Waals surface area contributed by atoms with Gasteiger partial charge in [0.1, 0.15) is 16.6 Å². The maximum atomic E-state index is 11.8. The Hall–Kier alpha value is -2.48. The molecule has 8 heteroatoms. The molecule has 0 aliphatic heterocycles. The molecule has 0 radical (unpaired) electrons. The Kier molecular flexibility index (Phi) is 5.28. The summed E-state index contributed by atoms with van der Waals surface area (Å²) in [6, 6.07) is 8.24. The summed E-state index contributed by atoms with van der Waals surface area (Å²) < 4.78 is 6.58. The van der Waals surface area contributed by atoms with E-state index >= 15 is 0 Å². The molecule has 0 amide bonds. The van der Waals surface area contributed by atoms with E-state index in [-0.39, 0.29) is 11.2 Å². The number of aromatic nitrogens is 5. The molecule has 25 heavy (non-hydrogen) atoms. The van der Waals surface area contributed by atoms with Gasteiger partial charge in [-0.15, -0.1) is 5.10 Å². The average molecular weight is 357 g/mol. The number of methoxy groups -OCH3 is 1. The van der Waals surface area contributed by atoms with Crippen LogP contribution in [-0.2, 0) is 16.1 Å². The van der Waals surface area contributed by atoms with Gasteiger partial charge in [0.25, 0.3) is 0 Å². The molecule has 3 rings (SSSR count). The summed E-state index contributed by atoms with van der Waals surface area (Å²) in [5.74, 6) is -0.272. The highest BCUT2D eigenvalue weighted by Gasteiger charge is 2.22. The fourth-order valence-corrected chi connectivity index (χ4v) is 3.38. The number of thioether (sulfide) groups is 1. The van der Waals surface area contributed by atoms with Crippen LogP contribution in [0.1, 0.15) is 24.5 Å². The highest BCUT2D eigenvalue weighted by Crippen LogP contribution is 2.28. The van der Waals surface area contributed by atoms with Gasteiger partial charge in [-0.3, -0.25) is 4.79 Å². The van der Waals surface area contributed by atoms with E-state index in [2.05, 4.69) is 51.5 Å². The highest BCUT2D eigenvalue weighted by atomic mass is 32.2. The zero-order valence-corrected chi connectivity index (χ0v) is 15.2. The van der Waals surface area contributed by atoms with Crippen LogP contribution in [0.15, 0.2) is 35.6 Å². The number of fused-ring (bicyclic) bond motifs is 1. The topological polar surface area (TPSA) is 82.8 Å². The largest absolute Gasteiger partial charge is 0.468 e. The summed E-state index contributed by atoms with van der Waals surface area (Å²) in [5.41, 5.74) is 3.58. The number of hydrogen-bond acceptors (Lipinski definition) is 7. The van der Waals surface area contributed by atoms with Gasteiger partial charge in [-0.2, -0.15) is 0 Å². The molecule has 2 heterocycles. The van der Waals surface area contributed by atoms with Crippen LogP contribution in [0, 0.1) is 6.92 Å². The summed E-state index contributed by atoms with van der Waals surface area (Å²) in [5, 5.41) is 8.73. The minimum absolute atomic E-state index is 0.272. The lowest BCUT2D eigenvalue weighted by Gasteiger charge is -2.11. The van der Waals surface area contributed by atoms with Gasteiger partial charge >= 0.3 is 5.97 Å². The second-order valence-corrected chi connectivity index (χ2v) is 6.81. The summed E-state index contributed by atoms with van der Waals surface area (Å²) in [4.78, 5) is 20.4. The fraction of sp³-hybridized carbons (Fsp3) is 0.353. The molecule has 0 bridgehead atoms. The second-order valence-electron chi connectivity index (χ2n) is 5.62. The average Bonchev–Trinajstić information content (AvgIpc) is 3.04. The van der Waals surface area contributed by atoms with Crippen LogP contribution < -0.4 is 0 Å². The predicted octanol–water partition coefficient (Wildman–Crippen LogP) is 2.62. The number of carbonyl (C=O) groups is 1. The van der Waals surface area contributed by atoms with Crippen LogP contribution in [0.25, 0.3) is 11.2 Å². The van der Waals surface area contributed by atoms with Crippen molar-refractivity contribution in [2.45, 2.75) is 37.1 Å². The van der Waals surface area contributed by atoms with Crippen molar-refractivity contribution in [3.05, 3.63) is 41.7 Å². The lowest BCUT2D eigenvalue weighted by Crippen LogP contribution is -2.17. The fourth-order valence-electron chi connectivity index (χ4n) is 2.39. The Morgan fingerprint density at radius 1 is 1.28 bits per heavy atom. The van der Waals surface area contributed by atoms with Crippen LogP contribution in [0.5, 0.6) is 0 Å². The molecule has 3 aromatic rings. The number of rotatable bonds is 6. The van der Waals surface area contributed by atoms with Crippen molar-refractivity contribution in [1.29, 1.82) is 0 Å². The van der Waals surface area contributed by atoms with Crippen molar-refractivity contribution in [3.63, 3.8) is 0 Å². The molecule has 7 nitrogen and oxygen atoms in total. The smallest absolute Gasteiger partial charge is 0.319 e. The number of esters is 1. The molecule has 0 spiro atoms. The lowest BCUT2D eigenvalue weighted by atomic mass is 10.1.